The maximum Gasteiger partial charge on any atom is 0.248 e. The van der Waals surface area contributed by atoms with Gasteiger partial charge in [0.15, 0.2) is 5.76 Å². The summed E-state index contributed by atoms with van der Waals surface area (Å²) < 4.78 is 31.8. The van der Waals surface area contributed by atoms with E-state index in [1.165, 1.54) is 4.31 Å². The maximum atomic E-state index is 12.7. The highest BCUT2D eigenvalue weighted by atomic mass is 32.2. The third kappa shape index (κ3) is 3.92. The van der Waals surface area contributed by atoms with Gasteiger partial charge >= 0.3 is 0 Å². The molecule has 1 saturated heterocycles. The minimum absolute atomic E-state index is 0.0724. The van der Waals surface area contributed by atoms with Crippen molar-refractivity contribution >= 4 is 15.9 Å². The molecule has 0 radical (unpaired) electrons. The molecule has 8 heteroatoms. The van der Waals surface area contributed by atoms with Crippen molar-refractivity contribution in [3.63, 3.8) is 0 Å². The normalized spacial score (nSPS) is 17.5. The van der Waals surface area contributed by atoms with E-state index in [2.05, 4.69) is 5.16 Å². The Morgan fingerprint density at radius 1 is 1.17 bits per heavy atom. The van der Waals surface area contributed by atoms with Gasteiger partial charge in [-0.25, -0.2) is 8.42 Å². The van der Waals surface area contributed by atoms with Crippen molar-refractivity contribution in [3.8, 4) is 0 Å². The molecule has 23 heavy (non-hydrogen) atoms. The summed E-state index contributed by atoms with van der Waals surface area (Å²) in [4.78, 5) is 14.1. The van der Waals surface area contributed by atoms with Gasteiger partial charge in [0.2, 0.25) is 15.9 Å². The molecule has 0 unspecified atom stereocenters. The van der Waals surface area contributed by atoms with Crippen LogP contribution in [0, 0.1) is 19.3 Å². The number of amides is 1. The van der Waals surface area contributed by atoms with Crippen LogP contribution in [0.3, 0.4) is 0 Å². The van der Waals surface area contributed by atoms with Gasteiger partial charge < -0.3 is 9.42 Å². The van der Waals surface area contributed by atoms with E-state index in [4.69, 9.17) is 4.52 Å². The summed E-state index contributed by atoms with van der Waals surface area (Å²) in [5, 5.41) is 3.72. The first-order valence-electron chi connectivity index (χ1n) is 7.73. The van der Waals surface area contributed by atoms with Crippen molar-refractivity contribution < 1.29 is 17.7 Å². The van der Waals surface area contributed by atoms with Crippen molar-refractivity contribution in [3.05, 3.63) is 11.5 Å². The highest BCUT2D eigenvalue weighted by Crippen LogP contribution is 2.25. The Balaban J connectivity index is 2.06. The molecule has 0 N–H and O–H groups in total. The Labute approximate surface area is 137 Å². The first kappa shape index (κ1) is 17.9. The van der Waals surface area contributed by atoms with Crippen LogP contribution in [0.1, 0.15) is 38.6 Å². The summed E-state index contributed by atoms with van der Waals surface area (Å²) in [5.74, 6) is 0.376. The second-order valence-corrected chi connectivity index (χ2v) is 9.05. The lowest BCUT2D eigenvalue weighted by Gasteiger charge is -2.35. The Bertz CT molecular complexity index is 661. The van der Waals surface area contributed by atoms with Gasteiger partial charge in [0, 0.05) is 32.6 Å². The number of aromatic nitrogens is 1. The second-order valence-electron chi connectivity index (χ2n) is 7.18. The molecule has 2 rings (SSSR count). The third-order valence-corrected chi connectivity index (χ3v) is 5.98. The maximum absolute atomic E-state index is 12.7. The minimum Gasteiger partial charge on any atom is -0.360 e. The van der Waals surface area contributed by atoms with Crippen LogP contribution < -0.4 is 0 Å². The fourth-order valence-corrected chi connectivity index (χ4v) is 4.43. The summed E-state index contributed by atoms with van der Waals surface area (Å²) in [6.45, 7) is 10.7. The Kier molecular flexibility index (Phi) is 4.86. The number of hydrogen-bond acceptors (Lipinski definition) is 5. The molecule has 1 aliphatic rings. The number of sulfonamides is 1. The van der Waals surface area contributed by atoms with Crippen LogP contribution in [0.15, 0.2) is 9.42 Å². The third-order valence-electron chi connectivity index (χ3n) is 3.84. The van der Waals surface area contributed by atoms with E-state index in [0.29, 0.717) is 44.1 Å². The molecule has 0 atom stereocenters. The standard InChI is InChI=1S/C15H25N3O4S/c1-11-14(12(2)22-16-11)23(20,21)18-8-6-17(7-9-18)13(19)10-15(3,4)5/h6-10H2,1-5H3. The van der Waals surface area contributed by atoms with E-state index < -0.39 is 10.0 Å². The molecule has 0 aromatic carbocycles. The number of carbonyl (C=O) groups is 1. The zero-order chi connectivity index (χ0) is 17.4. The van der Waals surface area contributed by atoms with Gasteiger partial charge in [-0.2, -0.15) is 4.31 Å². The summed E-state index contributed by atoms with van der Waals surface area (Å²) in [7, 11) is -3.63. The molecule has 0 bridgehead atoms. The van der Waals surface area contributed by atoms with E-state index in [1.807, 2.05) is 20.8 Å². The summed E-state index contributed by atoms with van der Waals surface area (Å²) in [6, 6.07) is 0. The van der Waals surface area contributed by atoms with Gasteiger partial charge in [-0.1, -0.05) is 25.9 Å². The number of hydrogen-bond donors (Lipinski definition) is 0. The van der Waals surface area contributed by atoms with Crippen LogP contribution in [0.4, 0.5) is 0 Å². The summed E-state index contributed by atoms with van der Waals surface area (Å²) >= 11 is 0. The number of carbonyl (C=O) groups excluding carboxylic acids is 1. The Hall–Kier alpha value is -1.41. The van der Waals surface area contributed by atoms with Crippen molar-refractivity contribution in [2.45, 2.75) is 45.9 Å². The topological polar surface area (TPSA) is 83.7 Å². The van der Waals surface area contributed by atoms with E-state index in [-0.39, 0.29) is 16.2 Å². The number of piperazine rings is 1. The second kappa shape index (κ2) is 6.24. The highest BCUT2D eigenvalue weighted by molar-refractivity contribution is 7.89. The molecule has 0 aliphatic carbocycles. The van der Waals surface area contributed by atoms with E-state index in [0.717, 1.165) is 0 Å². The van der Waals surface area contributed by atoms with Gasteiger partial charge in [-0.3, -0.25) is 4.79 Å². The zero-order valence-corrected chi connectivity index (χ0v) is 15.2. The molecule has 1 amide bonds. The largest absolute Gasteiger partial charge is 0.360 e. The lowest BCUT2D eigenvalue weighted by Crippen LogP contribution is -2.51. The average Bonchev–Trinajstić information content (AvgIpc) is 2.77. The van der Waals surface area contributed by atoms with Crippen LogP contribution in [0.25, 0.3) is 0 Å². The van der Waals surface area contributed by atoms with Crippen molar-refractivity contribution in [1.29, 1.82) is 0 Å². The molecule has 1 aromatic heterocycles. The monoisotopic (exact) mass is 343 g/mol. The Morgan fingerprint density at radius 3 is 2.17 bits per heavy atom. The molecule has 0 saturated carbocycles. The SMILES string of the molecule is Cc1noc(C)c1S(=O)(=O)N1CCN(C(=O)CC(C)(C)C)CC1. The van der Waals surface area contributed by atoms with Crippen LogP contribution in [-0.2, 0) is 14.8 Å². The van der Waals surface area contributed by atoms with Crippen molar-refractivity contribution in [1.82, 2.24) is 14.4 Å². The Morgan fingerprint density at radius 2 is 1.74 bits per heavy atom. The summed E-state index contributed by atoms with van der Waals surface area (Å²) in [5.41, 5.74) is 0.297. The first-order valence-corrected chi connectivity index (χ1v) is 9.17. The molecular formula is C15H25N3O4S. The van der Waals surface area contributed by atoms with Crippen LogP contribution in [0.2, 0.25) is 0 Å². The van der Waals surface area contributed by atoms with Crippen LogP contribution >= 0.6 is 0 Å². The molecule has 2 heterocycles. The fourth-order valence-electron chi connectivity index (χ4n) is 2.72. The predicted molar refractivity (Wildman–Crippen MR) is 85.4 cm³/mol. The predicted octanol–water partition coefficient (Wildman–Crippen LogP) is 1.56. The van der Waals surface area contributed by atoms with Crippen molar-refractivity contribution in [2.75, 3.05) is 26.2 Å². The van der Waals surface area contributed by atoms with Crippen LogP contribution in [0.5, 0.6) is 0 Å². The van der Waals surface area contributed by atoms with Crippen molar-refractivity contribution in [2.24, 2.45) is 5.41 Å². The quantitative estimate of drug-likeness (QED) is 0.831. The van der Waals surface area contributed by atoms with E-state index in [9.17, 15) is 13.2 Å². The lowest BCUT2D eigenvalue weighted by atomic mass is 9.91. The smallest absolute Gasteiger partial charge is 0.248 e. The highest BCUT2D eigenvalue weighted by Gasteiger charge is 2.34. The minimum atomic E-state index is -3.63. The molecule has 1 aromatic rings. The van der Waals surface area contributed by atoms with E-state index >= 15 is 0 Å². The molecular weight excluding hydrogens is 318 g/mol. The summed E-state index contributed by atoms with van der Waals surface area (Å²) in [6.07, 6.45) is 0.462. The first-order chi connectivity index (χ1) is 10.5. The number of aryl methyl sites for hydroxylation is 2. The van der Waals surface area contributed by atoms with Gasteiger partial charge in [0.1, 0.15) is 10.6 Å². The fraction of sp³-hybridized carbons (Fsp3) is 0.733. The van der Waals surface area contributed by atoms with Gasteiger partial charge in [0.25, 0.3) is 0 Å². The molecule has 7 nitrogen and oxygen atoms in total. The average molecular weight is 343 g/mol. The van der Waals surface area contributed by atoms with Gasteiger partial charge in [0.05, 0.1) is 0 Å². The zero-order valence-electron chi connectivity index (χ0n) is 14.4. The van der Waals surface area contributed by atoms with E-state index in [1.54, 1.807) is 18.7 Å². The van der Waals surface area contributed by atoms with Gasteiger partial charge in [-0.15, -0.1) is 0 Å². The lowest BCUT2D eigenvalue weighted by molar-refractivity contribution is -0.134. The van der Waals surface area contributed by atoms with Crippen LogP contribution in [-0.4, -0.2) is 54.9 Å². The number of nitrogens with zero attached hydrogens (tertiary/aromatic N) is 3. The molecule has 1 aliphatic heterocycles. The molecule has 0 spiro atoms. The molecule has 1 fully saturated rings. The van der Waals surface area contributed by atoms with Gasteiger partial charge in [-0.05, 0) is 19.3 Å². The number of rotatable bonds is 3. The molecule has 130 valence electrons.